The maximum Gasteiger partial charge on any atom is 0.334 e. The lowest BCUT2D eigenvalue weighted by atomic mass is 9.93. The van der Waals surface area contributed by atoms with Gasteiger partial charge in [0.05, 0.1) is 50.1 Å². The Hall–Kier alpha value is -2.43. The second-order valence-electron chi connectivity index (χ2n) is 4.87. The molecule has 0 radical (unpaired) electrons. The number of hydrogen-bond acceptors (Lipinski definition) is 7. The lowest BCUT2D eigenvalue weighted by Gasteiger charge is -2.26. The smallest absolute Gasteiger partial charge is 0.334 e. The number of aliphatic hydroxyl groups excluding tert-OH is 3. The van der Waals surface area contributed by atoms with Crippen molar-refractivity contribution in [3.05, 3.63) is 24.0 Å². The van der Waals surface area contributed by atoms with Gasteiger partial charge in [-0.25, -0.2) is 9.59 Å². The maximum atomic E-state index is 10.4. The Balaban J connectivity index is 0. The molecule has 0 atom stereocenters. The molecule has 138 valence electrons. The molecule has 0 fully saturated rings. The Morgan fingerprint density at radius 2 is 1.46 bits per heavy atom. The zero-order valence-corrected chi connectivity index (χ0v) is 13.1. The van der Waals surface area contributed by atoms with Crippen LogP contribution in [0, 0.1) is 5.41 Å². The molecule has 0 aliphatic rings. The number of ether oxygens (including phenoxy) is 1. The summed E-state index contributed by atoms with van der Waals surface area (Å²) in [7, 11) is 0. The van der Waals surface area contributed by atoms with Crippen molar-refractivity contribution >= 4 is 17.9 Å². The molecular weight excluding hydrogens is 328 g/mol. The molecule has 0 aromatic rings. The summed E-state index contributed by atoms with van der Waals surface area (Å²) in [5, 5.41) is 51.3. The molecule has 0 spiro atoms. The molecular formula is C14H22O10. The Morgan fingerprint density at radius 1 is 1.00 bits per heavy atom. The van der Waals surface area contributed by atoms with Crippen LogP contribution in [0.25, 0.3) is 0 Å². The largest absolute Gasteiger partial charge is 0.500 e. The molecule has 0 rings (SSSR count). The van der Waals surface area contributed by atoms with Crippen LogP contribution >= 0.6 is 0 Å². The second-order valence-corrected chi connectivity index (χ2v) is 4.87. The van der Waals surface area contributed by atoms with Crippen molar-refractivity contribution in [1.82, 2.24) is 0 Å². The molecule has 0 aromatic heterocycles. The van der Waals surface area contributed by atoms with E-state index in [2.05, 4.69) is 6.58 Å². The summed E-state index contributed by atoms with van der Waals surface area (Å²) in [6.45, 7) is 2.88. The maximum absolute atomic E-state index is 10.4. The second kappa shape index (κ2) is 12.0. The van der Waals surface area contributed by atoms with Crippen LogP contribution in [0.15, 0.2) is 24.0 Å². The van der Waals surface area contributed by atoms with Crippen LogP contribution in [0.1, 0.15) is 13.3 Å². The summed E-state index contributed by atoms with van der Waals surface area (Å²) < 4.78 is 4.87. The molecule has 0 aliphatic heterocycles. The number of carboxylic acids is 3. The van der Waals surface area contributed by atoms with Crippen molar-refractivity contribution in [2.75, 3.05) is 26.4 Å². The molecule has 0 heterocycles. The van der Waals surface area contributed by atoms with Crippen molar-refractivity contribution in [2.24, 2.45) is 5.41 Å². The fourth-order valence-corrected chi connectivity index (χ4v) is 0.939. The van der Waals surface area contributed by atoms with E-state index in [4.69, 9.17) is 35.4 Å². The lowest BCUT2D eigenvalue weighted by Crippen LogP contribution is -2.38. The minimum atomic E-state index is -1.27. The van der Waals surface area contributed by atoms with E-state index >= 15 is 0 Å². The van der Waals surface area contributed by atoms with Gasteiger partial charge in [0.15, 0.2) is 0 Å². The van der Waals surface area contributed by atoms with Crippen LogP contribution in [0.4, 0.5) is 0 Å². The quantitative estimate of drug-likeness (QED) is 0.212. The monoisotopic (exact) mass is 350 g/mol. The van der Waals surface area contributed by atoms with Crippen molar-refractivity contribution in [3.8, 4) is 0 Å². The lowest BCUT2D eigenvalue weighted by molar-refractivity contribution is -0.139. The predicted octanol–water partition coefficient (Wildman–Crippen LogP) is -0.943. The Bertz CT molecular complexity index is 468. The topological polar surface area (TPSA) is 182 Å². The minimum absolute atomic E-state index is 0.00211. The molecule has 24 heavy (non-hydrogen) atoms. The fourth-order valence-electron chi connectivity index (χ4n) is 0.939. The van der Waals surface area contributed by atoms with E-state index in [1.165, 1.54) is 6.92 Å². The molecule has 0 amide bonds. The van der Waals surface area contributed by atoms with E-state index in [-0.39, 0.29) is 17.8 Å². The van der Waals surface area contributed by atoms with Crippen LogP contribution in [-0.2, 0) is 19.1 Å². The van der Waals surface area contributed by atoms with E-state index in [0.717, 1.165) is 6.26 Å². The number of aliphatic carboxylic acids is 3. The Morgan fingerprint density at radius 3 is 1.71 bits per heavy atom. The van der Waals surface area contributed by atoms with Gasteiger partial charge in [-0.3, -0.25) is 4.79 Å². The van der Waals surface area contributed by atoms with E-state index in [9.17, 15) is 14.4 Å². The first kappa shape index (κ1) is 23.8. The van der Waals surface area contributed by atoms with E-state index < -0.39 is 49.6 Å². The molecule has 0 saturated carbocycles. The van der Waals surface area contributed by atoms with Gasteiger partial charge in [0.25, 0.3) is 0 Å². The molecule has 10 heteroatoms. The summed E-state index contributed by atoms with van der Waals surface area (Å²) in [6, 6.07) is 0. The number of carboxylic acid groups (broad SMARTS) is 3. The van der Waals surface area contributed by atoms with E-state index in [1.807, 2.05) is 0 Å². The summed E-state index contributed by atoms with van der Waals surface area (Å²) in [5.74, 6) is -3.56. The normalized spacial score (nSPS) is 11.1. The SMILES string of the molecule is C=C(CC(=O)O)C(=O)O.CC(=COCC(CO)(CO)CO)C(=O)O. The van der Waals surface area contributed by atoms with Crippen LogP contribution in [0.2, 0.25) is 0 Å². The van der Waals surface area contributed by atoms with Crippen molar-refractivity contribution in [2.45, 2.75) is 13.3 Å². The third-order valence-corrected chi connectivity index (χ3v) is 2.66. The number of carbonyl (C=O) groups is 3. The average molecular weight is 350 g/mol. The highest BCUT2D eigenvalue weighted by molar-refractivity contribution is 5.91. The molecule has 0 bridgehead atoms. The Kier molecular flexibility index (Phi) is 12.0. The van der Waals surface area contributed by atoms with E-state index in [1.54, 1.807) is 0 Å². The van der Waals surface area contributed by atoms with Gasteiger partial charge in [0.1, 0.15) is 0 Å². The fraction of sp³-hybridized carbons (Fsp3) is 0.500. The van der Waals surface area contributed by atoms with Crippen LogP contribution in [-0.4, -0.2) is 75.0 Å². The first-order valence-electron chi connectivity index (χ1n) is 6.52. The van der Waals surface area contributed by atoms with Gasteiger partial charge in [-0.1, -0.05) is 6.58 Å². The standard InChI is InChI=1S/C9H16O6.C5H6O4/c1-7(8(13)14)2-15-6-9(3-10,4-11)5-12;1-3(5(8)9)2-4(6)7/h2,10-12H,3-6H2,1H3,(H,13,14);1-2H2,(H,6,7)(H,8,9). The summed E-state index contributed by atoms with van der Waals surface area (Å²) in [4.78, 5) is 30.0. The first-order valence-corrected chi connectivity index (χ1v) is 6.52. The van der Waals surface area contributed by atoms with Gasteiger partial charge in [-0.15, -0.1) is 0 Å². The number of aliphatic hydroxyl groups is 3. The van der Waals surface area contributed by atoms with Gasteiger partial charge in [-0.05, 0) is 6.92 Å². The molecule has 6 N–H and O–H groups in total. The zero-order chi connectivity index (χ0) is 19.3. The van der Waals surface area contributed by atoms with Gasteiger partial charge in [0.2, 0.25) is 0 Å². The van der Waals surface area contributed by atoms with Crippen molar-refractivity contribution < 1.29 is 49.8 Å². The first-order chi connectivity index (χ1) is 11.0. The predicted molar refractivity (Wildman–Crippen MR) is 80.1 cm³/mol. The van der Waals surface area contributed by atoms with Gasteiger partial charge >= 0.3 is 17.9 Å². The van der Waals surface area contributed by atoms with Crippen molar-refractivity contribution in [3.63, 3.8) is 0 Å². The molecule has 0 saturated heterocycles. The highest BCUT2D eigenvalue weighted by Crippen LogP contribution is 2.15. The van der Waals surface area contributed by atoms with Gasteiger partial charge in [-0.2, -0.15) is 0 Å². The van der Waals surface area contributed by atoms with Gasteiger partial charge < -0.3 is 35.4 Å². The molecule has 0 unspecified atom stereocenters. The zero-order valence-electron chi connectivity index (χ0n) is 13.1. The molecule has 0 aliphatic carbocycles. The van der Waals surface area contributed by atoms with Crippen LogP contribution in [0.3, 0.4) is 0 Å². The number of hydrogen-bond donors (Lipinski definition) is 6. The van der Waals surface area contributed by atoms with Crippen LogP contribution in [0.5, 0.6) is 0 Å². The number of rotatable bonds is 10. The molecule has 0 aromatic carbocycles. The Labute approximate surface area is 137 Å². The summed E-state index contributed by atoms with van der Waals surface area (Å²) in [6.07, 6.45) is 0.507. The highest BCUT2D eigenvalue weighted by atomic mass is 16.5. The minimum Gasteiger partial charge on any atom is -0.500 e. The van der Waals surface area contributed by atoms with Crippen LogP contribution < -0.4 is 0 Å². The summed E-state index contributed by atoms with van der Waals surface area (Å²) in [5.41, 5.74) is -1.45. The molecule has 10 nitrogen and oxygen atoms in total. The van der Waals surface area contributed by atoms with E-state index in [0.29, 0.717) is 0 Å². The van der Waals surface area contributed by atoms with Gasteiger partial charge in [0, 0.05) is 5.57 Å². The average Bonchev–Trinajstić information content (AvgIpc) is 2.51. The third-order valence-electron chi connectivity index (χ3n) is 2.66. The highest BCUT2D eigenvalue weighted by Gasteiger charge is 2.28. The van der Waals surface area contributed by atoms with Crippen molar-refractivity contribution in [1.29, 1.82) is 0 Å². The summed E-state index contributed by atoms with van der Waals surface area (Å²) >= 11 is 0. The third kappa shape index (κ3) is 10.3.